The van der Waals surface area contributed by atoms with E-state index in [9.17, 15) is 13.6 Å². The summed E-state index contributed by atoms with van der Waals surface area (Å²) >= 11 is 0. The molecule has 2 rings (SSSR count). The average molecular weight is 367 g/mol. The molecule has 24 heavy (non-hydrogen) atoms. The molecule has 0 spiro atoms. The van der Waals surface area contributed by atoms with Crippen molar-refractivity contribution < 1.29 is 27.8 Å². The number of carbonyl (C=O) groups is 1. The van der Waals surface area contributed by atoms with Gasteiger partial charge in [-0.1, -0.05) is 0 Å². The molecule has 0 aliphatic carbocycles. The lowest BCUT2D eigenvalue weighted by Crippen LogP contribution is -2.51. The zero-order valence-electron chi connectivity index (χ0n) is 13.7. The van der Waals surface area contributed by atoms with Crippen LogP contribution in [0, 0.1) is 0 Å². The minimum atomic E-state index is -3.02. The number of halogens is 3. The number of benzene rings is 1. The summed E-state index contributed by atoms with van der Waals surface area (Å²) in [5.74, 6) is -0.388. The van der Waals surface area contributed by atoms with Crippen LogP contribution in [-0.4, -0.2) is 57.3 Å². The molecule has 1 aromatic carbocycles. The van der Waals surface area contributed by atoms with Gasteiger partial charge in [0.1, 0.15) is 0 Å². The van der Waals surface area contributed by atoms with Crippen molar-refractivity contribution in [3.8, 4) is 17.2 Å². The Morgan fingerprint density at radius 3 is 2.33 bits per heavy atom. The van der Waals surface area contributed by atoms with Gasteiger partial charge in [-0.2, -0.15) is 8.78 Å². The van der Waals surface area contributed by atoms with Gasteiger partial charge in [-0.3, -0.25) is 4.79 Å². The first-order chi connectivity index (χ1) is 11.0. The first-order valence-corrected chi connectivity index (χ1v) is 7.19. The van der Waals surface area contributed by atoms with Crippen LogP contribution in [0.5, 0.6) is 17.2 Å². The van der Waals surface area contributed by atoms with Gasteiger partial charge >= 0.3 is 6.61 Å². The van der Waals surface area contributed by atoms with Crippen LogP contribution in [0.2, 0.25) is 0 Å². The Labute approximate surface area is 145 Å². The maximum absolute atomic E-state index is 12.6. The van der Waals surface area contributed by atoms with Gasteiger partial charge in [0.2, 0.25) is 5.75 Å². The molecule has 1 aliphatic rings. The van der Waals surface area contributed by atoms with E-state index in [1.807, 2.05) is 6.92 Å². The highest BCUT2D eigenvalue weighted by molar-refractivity contribution is 5.95. The molecule has 0 radical (unpaired) electrons. The molecule has 1 atom stereocenters. The van der Waals surface area contributed by atoms with Crippen molar-refractivity contribution in [2.45, 2.75) is 19.6 Å². The normalized spacial score (nSPS) is 17.2. The topological polar surface area (TPSA) is 60.0 Å². The monoisotopic (exact) mass is 366 g/mol. The van der Waals surface area contributed by atoms with E-state index in [2.05, 4.69) is 10.1 Å². The van der Waals surface area contributed by atoms with Gasteiger partial charge in [0.05, 0.1) is 14.2 Å². The molecule has 0 aromatic heterocycles. The van der Waals surface area contributed by atoms with Crippen LogP contribution in [0.3, 0.4) is 0 Å². The molecule has 6 nitrogen and oxygen atoms in total. The summed E-state index contributed by atoms with van der Waals surface area (Å²) < 4.78 is 39.6. The van der Waals surface area contributed by atoms with Gasteiger partial charge in [-0.25, -0.2) is 0 Å². The Morgan fingerprint density at radius 2 is 1.88 bits per heavy atom. The van der Waals surface area contributed by atoms with E-state index in [1.54, 1.807) is 4.90 Å². The number of hydrogen-bond acceptors (Lipinski definition) is 5. The largest absolute Gasteiger partial charge is 0.493 e. The smallest absolute Gasteiger partial charge is 0.387 e. The Balaban J connectivity index is 0.00000288. The predicted molar refractivity (Wildman–Crippen MR) is 86.8 cm³/mol. The molecule has 1 saturated heterocycles. The number of amides is 1. The number of hydrogen-bond donors (Lipinski definition) is 1. The number of rotatable bonds is 5. The lowest BCUT2D eigenvalue weighted by atomic mass is 10.1. The van der Waals surface area contributed by atoms with Crippen LogP contribution in [0.15, 0.2) is 12.1 Å². The summed E-state index contributed by atoms with van der Waals surface area (Å²) in [6.45, 7) is 0.809. The summed E-state index contributed by atoms with van der Waals surface area (Å²) in [7, 11) is 2.63. The third-order valence-corrected chi connectivity index (χ3v) is 3.57. The number of ether oxygens (including phenoxy) is 3. The maximum Gasteiger partial charge on any atom is 0.387 e. The summed E-state index contributed by atoms with van der Waals surface area (Å²) in [4.78, 5) is 14.3. The van der Waals surface area contributed by atoms with Gasteiger partial charge in [0.15, 0.2) is 11.5 Å². The van der Waals surface area contributed by atoms with Crippen molar-refractivity contribution in [3.63, 3.8) is 0 Å². The average Bonchev–Trinajstić information content (AvgIpc) is 2.53. The second-order valence-electron chi connectivity index (χ2n) is 5.19. The van der Waals surface area contributed by atoms with Gasteiger partial charge < -0.3 is 24.4 Å². The molecule has 1 aliphatic heterocycles. The van der Waals surface area contributed by atoms with E-state index < -0.39 is 6.61 Å². The van der Waals surface area contributed by atoms with Crippen molar-refractivity contribution in [1.29, 1.82) is 0 Å². The molecule has 9 heteroatoms. The minimum absolute atomic E-state index is 0. The predicted octanol–water partition coefficient (Wildman–Crippen LogP) is 2.16. The van der Waals surface area contributed by atoms with Gasteiger partial charge in [-0.05, 0) is 19.1 Å². The minimum Gasteiger partial charge on any atom is -0.493 e. The van der Waals surface area contributed by atoms with Crippen molar-refractivity contribution in [2.24, 2.45) is 0 Å². The molecule has 136 valence electrons. The number of nitrogens with one attached hydrogen (secondary N) is 1. The fraction of sp³-hybridized carbons (Fsp3) is 0.533. The van der Waals surface area contributed by atoms with Gasteiger partial charge in [0, 0.05) is 31.2 Å². The fourth-order valence-corrected chi connectivity index (χ4v) is 2.51. The van der Waals surface area contributed by atoms with E-state index in [1.165, 1.54) is 26.4 Å². The van der Waals surface area contributed by atoms with Crippen molar-refractivity contribution in [2.75, 3.05) is 33.9 Å². The highest BCUT2D eigenvalue weighted by Gasteiger charge is 2.25. The Bertz CT molecular complexity index is 549. The van der Waals surface area contributed by atoms with E-state index in [4.69, 9.17) is 9.47 Å². The Hall–Kier alpha value is -1.80. The summed E-state index contributed by atoms with van der Waals surface area (Å²) in [5, 5.41) is 3.25. The number of carbonyl (C=O) groups excluding carboxylic acids is 1. The van der Waals surface area contributed by atoms with Crippen LogP contribution in [-0.2, 0) is 0 Å². The van der Waals surface area contributed by atoms with Crippen LogP contribution < -0.4 is 19.5 Å². The highest BCUT2D eigenvalue weighted by atomic mass is 35.5. The molecule has 1 amide bonds. The van der Waals surface area contributed by atoms with E-state index >= 15 is 0 Å². The summed E-state index contributed by atoms with van der Waals surface area (Å²) in [6.07, 6.45) is 0. The number of methoxy groups -OCH3 is 2. The summed E-state index contributed by atoms with van der Waals surface area (Å²) in [5.41, 5.74) is 0.300. The maximum atomic E-state index is 12.6. The van der Waals surface area contributed by atoms with Crippen molar-refractivity contribution in [3.05, 3.63) is 17.7 Å². The highest BCUT2D eigenvalue weighted by Crippen LogP contribution is 2.39. The third kappa shape index (κ3) is 4.61. The lowest BCUT2D eigenvalue weighted by molar-refractivity contribution is -0.0526. The van der Waals surface area contributed by atoms with Crippen LogP contribution in [0.4, 0.5) is 8.78 Å². The van der Waals surface area contributed by atoms with E-state index in [-0.39, 0.29) is 41.6 Å². The molecule has 1 unspecified atom stereocenters. The third-order valence-electron chi connectivity index (χ3n) is 3.57. The first-order valence-electron chi connectivity index (χ1n) is 7.19. The molecule has 1 aromatic rings. The molecule has 0 bridgehead atoms. The first kappa shape index (κ1) is 20.2. The molecular weight excluding hydrogens is 346 g/mol. The molecular formula is C15H21ClF2N2O4. The van der Waals surface area contributed by atoms with Crippen molar-refractivity contribution >= 4 is 18.3 Å². The summed E-state index contributed by atoms with van der Waals surface area (Å²) in [6, 6.07) is 2.96. The molecule has 1 heterocycles. The van der Waals surface area contributed by atoms with E-state index in [0.717, 1.165) is 0 Å². The number of piperazine rings is 1. The SMILES string of the molecule is COc1cc(C(=O)N2CCNC(C)C2)cc(OC)c1OC(F)F.Cl. The standard InChI is InChI=1S/C15H20F2N2O4.ClH/c1-9-8-19(5-4-18-9)14(20)10-6-11(21-2)13(23-15(16)17)12(7-10)22-3;/h6-7,9,15,18H,4-5,8H2,1-3H3;1H. The van der Waals surface area contributed by atoms with Crippen LogP contribution >= 0.6 is 12.4 Å². The number of nitrogens with zero attached hydrogens (tertiary/aromatic N) is 1. The zero-order chi connectivity index (χ0) is 17.0. The van der Waals surface area contributed by atoms with E-state index in [0.29, 0.717) is 25.2 Å². The van der Waals surface area contributed by atoms with Crippen molar-refractivity contribution in [1.82, 2.24) is 10.2 Å². The molecule has 0 saturated carbocycles. The second-order valence-corrected chi connectivity index (χ2v) is 5.19. The molecule has 1 N–H and O–H groups in total. The molecule has 1 fully saturated rings. The van der Waals surface area contributed by atoms with Gasteiger partial charge in [-0.15, -0.1) is 12.4 Å². The lowest BCUT2D eigenvalue weighted by Gasteiger charge is -2.32. The Kier molecular flexibility index (Phi) is 7.50. The van der Waals surface area contributed by atoms with Crippen LogP contribution in [0.25, 0.3) is 0 Å². The fourth-order valence-electron chi connectivity index (χ4n) is 2.51. The number of alkyl halides is 2. The Morgan fingerprint density at radius 1 is 1.29 bits per heavy atom. The van der Waals surface area contributed by atoms with Gasteiger partial charge in [0.25, 0.3) is 5.91 Å². The quantitative estimate of drug-likeness (QED) is 0.865. The second kappa shape index (κ2) is 8.89. The zero-order valence-corrected chi connectivity index (χ0v) is 14.5. The van der Waals surface area contributed by atoms with Crippen LogP contribution in [0.1, 0.15) is 17.3 Å².